The highest BCUT2D eigenvalue weighted by Crippen LogP contribution is 2.28. The molecule has 0 spiro atoms. The fraction of sp³-hybridized carbons (Fsp3) is 0.154. The minimum Gasteiger partial charge on any atom is -0.426 e. The number of esters is 1. The van der Waals surface area contributed by atoms with Gasteiger partial charge < -0.3 is 9.15 Å². The molecule has 87 valence electrons. The third kappa shape index (κ3) is 2.06. The second kappa shape index (κ2) is 4.05. The summed E-state index contributed by atoms with van der Waals surface area (Å²) in [5.74, 6) is -0.298. The second-order valence-electron chi connectivity index (χ2n) is 3.79. The number of hydrogen-bond acceptors (Lipinski definition) is 4. The smallest absolute Gasteiger partial charge is 0.336 e. The molecule has 1 aromatic heterocycles. The van der Waals surface area contributed by atoms with Crippen LogP contribution >= 0.6 is 0 Å². The average Bonchev–Trinajstić information content (AvgIpc) is 2.22. The standard InChI is InChI=1S/C13H11O4/c1-7-6-12(15)17-13-8(2)11(16-9(3)14)5-4-10(7)13/h4-6H,3H2,1-2H3. The van der Waals surface area contributed by atoms with Crippen molar-refractivity contribution in [3.05, 3.63) is 46.7 Å². The van der Waals surface area contributed by atoms with Gasteiger partial charge in [-0.15, -0.1) is 0 Å². The summed E-state index contributed by atoms with van der Waals surface area (Å²) in [5, 5.41) is 0.825. The van der Waals surface area contributed by atoms with Crippen molar-refractivity contribution >= 4 is 16.9 Å². The summed E-state index contributed by atoms with van der Waals surface area (Å²) < 4.78 is 10.0. The van der Waals surface area contributed by atoms with Crippen LogP contribution in [0.1, 0.15) is 11.1 Å². The van der Waals surface area contributed by atoms with Crippen molar-refractivity contribution in [1.82, 2.24) is 0 Å². The van der Waals surface area contributed by atoms with E-state index in [9.17, 15) is 9.59 Å². The second-order valence-corrected chi connectivity index (χ2v) is 3.79. The van der Waals surface area contributed by atoms with Crippen LogP contribution in [0.25, 0.3) is 11.0 Å². The lowest BCUT2D eigenvalue weighted by Gasteiger charge is -2.08. The molecule has 0 aliphatic carbocycles. The van der Waals surface area contributed by atoms with Gasteiger partial charge in [0.2, 0.25) is 0 Å². The van der Waals surface area contributed by atoms with Gasteiger partial charge in [0.25, 0.3) is 0 Å². The lowest BCUT2D eigenvalue weighted by atomic mass is 10.1. The van der Waals surface area contributed by atoms with E-state index < -0.39 is 11.6 Å². The molecule has 17 heavy (non-hydrogen) atoms. The van der Waals surface area contributed by atoms with E-state index in [1.54, 1.807) is 19.1 Å². The van der Waals surface area contributed by atoms with Gasteiger partial charge in [-0.3, -0.25) is 4.79 Å². The first kappa shape index (κ1) is 11.4. The van der Waals surface area contributed by atoms with Gasteiger partial charge >= 0.3 is 11.6 Å². The highest BCUT2D eigenvalue weighted by molar-refractivity contribution is 5.86. The van der Waals surface area contributed by atoms with Crippen LogP contribution in [0.2, 0.25) is 0 Å². The Hall–Kier alpha value is -2.10. The Morgan fingerprint density at radius 2 is 2.06 bits per heavy atom. The molecule has 0 aliphatic heterocycles. The van der Waals surface area contributed by atoms with Crippen molar-refractivity contribution in [3.8, 4) is 5.75 Å². The van der Waals surface area contributed by atoms with Gasteiger partial charge in [-0.2, -0.15) is 0 Å². The first-order valence-corrected chi connectivity index (χ1v) is 5.07. The monoisotopic (exact) mass is 231 g/mol. The van der Waals surface area contributed by atoms with E-state index in [1.165, 1.54) is 6.07 Å². The van der Waals surface area contributed by atoms with Crippen molar-refractivity contribution in [2.75, 3.05) is 0 Å². The van der Waals surface area contributed by atoms with Gasteiger partial charge in [0, 0.05) is 17.0 Å². The fourth-order valence-electron chi connectivity index (χ4n) is 1.73. The lowest BCUT2D eigenvalue weighted by molar-refractivity contribution is -0.129. The Labute approximate surface area is 97.8 Å². The van der Waals surface area contributed by atoms with Gasteiger partial charge in [-0.1, -0.05) is 0 Å². The minimum absolute atomic E-state index is 0.353. The number of aryl methyl sites for hydroxylation is 2. The first-order chi connectivity index (χ1) is 7.99. The summed E-state index contributed by atoms with van der Waals surface area (Å²) in [5.41, 5.74) is 1.46. The van der Waals surface area contributed by atoms with Crippen LogP contribution in [-0.4, -0.2) is 5.97 Å². The Kier molecular flexibility index (Phi) is 2.71. The maximum atomic E-state index is 11.3. The molecule has 4 nitrogen and oxygen atoms in total. The molecule has 1 heterocycles. The third-order valence-electron chi connectivity index (χ3n) is 2.54. The Morgan fingerprint density at radius 1 is 1.35 bits per heavy atom. The number of carbonyl (C=O) groups is 1. The summed E-state index contributed by atoms with van der Waals surface area (Å²) in [6.07, 6.45) is 0. The molecule has 0 fully saturated rings. The molecule has 0 saturated carbocycles. The third-order valence-corrected chi connectivity index (χ3v) is 2.54. The van der Waals surface area contributed by atoms with E-state index in [0.717, 1.165) is 10.9 Å². The van der Waals surface area contributed by atoms with Crippen LogP contribution in [0.5, 0.6) is 5.75 Å². The topological polar surface area (TPSA) is 56.5 Å². The van der Waals surface area contributed by atoms with Crippen molar-refractivity contribution < 1.29 is 13.9 Å². The Bertz CT molecular complexity index is 652. The predicted octanol–water partition coefficient (Wildman–Crippen LogP) is 2.15. The molecule has 0 aliphatic rings. The summed E-state index contributed by atoms with van der Waals surface area (Å²) in [6.45, 7) is 6.69. The molecule has 2 aromatic rings. The molecule has 0 bridgehead atoms. The minimum atomic E-state index is -0.651. The largest absolute Gasteiger partial charge is 0.426 e. The van der Waals surface area contributed by atoms with Gasteiger partial charge in [-0.25, -0.2) is 4.79 Å². The van der Waals surface area contributed by atoms with E-state index >= 15 is 0 Å². The van der Waals surface area contributed by atoms with E-state index in [0.29, 0.717) is 16.9 Å². The zero-order valence-corrected chi connectivity index (χ0v) is 9.57. The maximum Gasteiger partial charge on any atom is 0.336 e. The molecule has 1 aromatic carbocycles. The molecule has 0 saturated heterocycles. The van der Waals surface area contributed by atoms with E-state index in [4.69, 9.17) is 9.15 Å². The van der Waals surface area contributed by atoms with Crippen LogP contribution in [-0.2, 0) is 4.79 Å². The molecule has 0 atom stereocenters. The molecular formula is C13H11O4. The predicted molar refractivity (Wildman–Crippen MR) is 63.0 cm³/mol. The normalized spacial score (nSPS) is 10.5. The van der Waals surface area contributed by atoms with Gasteiger partial charge in [0.15, 0.2) is 0 Å². The fourth-order valence-corrected chi connectivity index (χ4v) is 1.73. The molecule has 1 radical (unpaired) electrons. The molecular weight excluding hydrogens is 220 g/mol. The lowest BCUT2D eigenvalue weighted by Crippen LogP contribution is -2.05. The highest BCUT2D eigenvalue weighted by atomic mass is 16.5. The van der Waals surface area contributed by atoms with Crippen LogP contribution in [0, 0.1) is 20.8 Å². The number of carbonyl (C=O) groups excluding carboxylic acids is 1. The molecule has 0 unspecified atom stereocenters. The molecule has 4 heteroatoms. The van der Waals surface area contributed by atoms with Crippen LogP contribution in [0.3, 0.4) is 0 Å². The average molecular weight is 231 g/mol. The van der Waals surface area contributed by atoms with Gasteiger partial charge in [-0.05, 0) is 31.5 Å². The molecule has 0 amide bonds. The highest BCUT2D eigenvalue weighted by Gasteiger charge is 2.11. The summed E-state index contributed by atoms with van der Waals surface area (Å²) in [7, 11) is 0. The number of ether oxygens (including phenoxy) is 1. The zero-order chi connectivity index (χ0) is 12.6. The first-order valence-electron chi connectivity index (χ1n) is 5.07. The van der Waals surface area contributed by atoms with Crippen molar-refractivity contribution in [2.24, 2.45) is 0 Å². The molecule has 2 rings (SSSR count). The van der Waals surface area contributed by atoms with Gasteiger partial charge in [0.1, 0.15) is 11.3 Å². The number of rotatable bonds is 1. The van der Waals surface area contributed by atoms with E-state index in [-0.39, 0.29) is 0 Å². The number of benzene rings is 1. The summed E-state index contributed by atoms with van der Waals surface area (Å²) in [6, 6.07) is 4.83. The zero-order valence-electron chi connectivity index (χ0n) is 9.57. The number of fused-ring (bicyclic) bond motifs is 1. The summed E-state index contributed by atoms with van der Waals surface area (Å²) in [4.78, 5) is 22.1. The molecule has 0 N–H and O–H groups in total. The SMILES string of the molecule is [CH2]C(=O)Oc1ccc2c(C)cc(=O)oc2c1C. The van der Waals surface area contributed by atoms with Crippen molar-refractivity contribution in [3.63, 3.8) is 0 Å². The van der Waals surface area contributed by atoms with Crippen LogP contribution in [0.4, 0.5) is 0 Å². The maximum absolute atomic E-state index is 11.3. The van der Waals surface area contributed by atoms with Crippen LogP contribution in [0.15, 0.2) is 27.4 Å². The van der Waals surface area contributed by atoms with E-state index in [1.807, 2.05) is 6.92 Å². The quantitative estimate of drug-likeness (QED) is 0.428. The van der Waals surface area contributed by atoms with Crippen LogP contribution < -0.4 is 10.4 Å². The Morgan fingerprint density at radius 3 is 2.71 bits per heavy atom. The van der Waals surface area contributed by atoms with Crippen molar-refractivity contribution in [1.29, 1.82) is 0 Å². The number of hydrogen-bond donors (Lipinski definition) is 0. The van der Waals surface area contributed by atoms with Gasteiger partial charge in [0.05, 0.1) is 6.92 Å². The Balaban J connectivity index is 2.75. The summed E-state index contributed by atoms with van der Waals surface area (Å²) >= 11 is 0. The van der Waals surface area contributed by atoms with E-state index in [2.05, 4.69) is 6.92 Å². The van der Waals surface area contributed by atoms with Crippen molar-refractivity contribution in [2.45, 2.75) is 13.8 Å².